The molecule has 0 atom stereocenters. The van der Waals surface area contributed by atoms with Gasteiger partial charge in [-0.05, 0) is 39.0 Å². The Balaban J connectivity index is 1.86. The number of rotatable bonds is 3. The third-order valence-corrected chi connectivity index (χ3v) is 2.45. The molecule has 5 nitrogen and oxygen atoms in total. The van der Waals surface area contributed by atoms with Gasteiger partial charge in [0.15, 0.2) is 0 Å². The Morgan fingerprint density at radius 2 is 2.15 bits per heavy atom. The van der Waals surface area contributed by atoms with Crippen molar-refractivity contribution in [3.63, 3.8) is 0 Å². The average Bonchev–Trinajstić information content (AvgIpc) is 2.75. The van der Waals surface area contributed by atoms with Gasteiger partial charge in [0.1, 0.15) is 11.4 Å². The van der Waals surface area contributed by atoms with E-state index in [4.69, 9.17) is 4.74 Å². The van der Waals surface area contributed by atoms with Gasteiger partial charge in [0.2, 0.25) is 0 Å². The number of hydrogen-bond donors (Lipinski definition) is 2. The van der Waals surface area contributed by atoms with E-state index in [1.165, 1.54) is 0 Å². The molecule has 0 saturated carbocycles. The second-order valence-corrected chi connectivity index (χ2v) is 5.42. The van der Waals surface area contributed by atoms with Crippen LogP contribution in [-0.4, -0.2) is 28.2 Å². The van der Waals surface area contributed by atoms with Crippen LogP contribution in [0.5, 0.6) is 0 Å². The third kappa shape index (κ3) is 4.12. The average molecular weight is 273 g/mol. The van der Waals surface area contributed by atoms with Crippen molar-refractivity contribution in [2.45, 2.75) is 26.4 Å². The van der Waals surface area contributed by atoms with Gasteiger partial charge >= 0.3 is 6.09 Å². The predicted octanol–water partition coefficient (Wildman–Crippen LogP) is 3.10. The summed E-state index contributed by atoms with van der Waals surface area (Å²) >= 11 is 0. The number of carbonyl (C=O) groups is 1. The highest BCUT2D eigenvalue weighted by molar-refractivity contribution is 5.76. The Morgan fingerprint density at radius 3 is 2.85 bits per heavy atom. The van der Waals surface area contributed by atoms with Gasteiger partial charge in [-0.3, -0.25) is 0 Å². The normalized spacial score (nSPS) is 11.9. The van der Waals surface area contributed by atoms with E-state index in [9.17, 15) is 4.79 Å². The lowest BCUT2D eigenvalue weighted by atomic mass is 10.2. The van der Waals surface area contributed by atoms with Gasteiger partial charge in [0.05, 0.1) is 11.0 Å². The highest BCUT2D eigenvalue weighted by Gasteiger charge is 2.14. The van der Waals surface area contributed by atoms with Crippen molar-refractivity contribution in [2.75, 3.05) is 6.54 Å². The monoisotopic (exact) mass is 273 g/mol. The number of nitrogens with one attached hydrogen (secondary N) is 2. The highest BCUT2D eigenvalue weighted by atomic mass is 16.6. The number of benzene rings is 1. The van der Waals surface area contributed by atoms with Crippen LogP contribution in [-0.2, 0) is 4.74 Å². The number of carbonyl (C=O) groups excluding carboxylic acids is 1. The second-order valence-electron chi connectivity index (χ2n) is 5.42. The maximum absolute atomic E-state index is 11.4. The van der Waals surface area contributed by atoms with Crippen LogP contribution in [0, 0.1) is 0 Å². The van der Waals surface area contributed by atoms with Crippen LogP contribution >= 0.6 is 0 Å². The van der Waals surface area contributed by atoms with Crippen LogP contribution in [0.1, 0.15) is 26.6 Å². The zero-order chi connectivity index (χ0) is 14.6. The van der Waals surface area contributed by atoms with E-state index in [1.54, 1.807) is 0 Å². The molecule has 1 amide bonds. The third-order valence-electron chi connectivity index (χ3n) is 2.45. The van der Waals surface area contributed by atoms with Crippen LogP contribution in [0.15, 0.2) is 30.3 Å². The minimum Gasteiger partial charge on any atom is -0.444 e. The van der Waals surface area contributed by atoms with Gasteiger partial charge in [-0.25, -0.2) is 9.78 Å². The summed E-state index contributed by atoms with van der Waals surface area (Å²) in [7, 11) is 0. The Labute approximate surface area is 118 Å². The molecule has 0 aliphatic rings. The number of imidazole rings is 1. The fourth-order valence-electron chi connectivity index (χ4n) is 1.68. The molecule has 2 aromatic rings. The van der Waals surface area contributed by atoms with Crippen LogP contribution in [0.3, 0.4) is 0 Å². The fourth-order valence-corrected chi connectivity index (χ4v) is 1.68. The van der Waals surface area contributed by atoms with Gasteiger partial charge in [0.25, 0.3) is 0 Å². The molecule has 0 spiro atoms. The van der Waals surface area contributed by atoms with E-state index in [1.807, 2.05) is 57.2 Å². The van der Waals surface area contributed by atoms with Crippen molar-refractivity contribution in [3.05, 3.63) is 36.2 Å². The number of H-pyrrole nitrogens is 1. The van der Waals surface area contributed by atoms with Crippen molar-refractivity contribution in [1.29, 1.82) is 0 Å². The molecule has 5 heteroatoms. The molecule has 0 saturated heterocycles. The standard InChI is InChI=1S/C15H19N3O2/c1-15(2,3)20-14(19)16-10-6-9-13-17-11-7-4-5-8-12(11)18-13/h4-9H,10H2,1-3H3,(H,16,19)(H,17,18). The topological polar surface area (TPSA) is 67.0 Å². The predicted molar refractivity (Wildman–Crippen MR) is 79.4 cm³/mol. The van der Waals surface area contributed by atoms with Crippen LogP contribution in [0.25, 0.3) is 17.1 Å². The summed E-state index contributed by atoms with van der Waals surface area (Å²) < 4.78 is 5.13. The number of aromatic amines is 1. The maximum atomic E-state index is 11.4. The second kappa shape index (κ2) is 5.77. The lowest BCUT2D eigenvalue weighted by Gasteiger charge is -2.19. The lowest BCUT2D eigenvalue weighted by molar-refractivity contribution is 0.0534. The fraction of sp³-hybridized carbons (Fsp3) is 0.333. The molecular formula is C15H19N3O2. The lowest BCUT2D eigenvalue weighted by Crippen LogP contribution is -2.32. The molecule has 106 valence electrons. The molecule has 0 aliphatic heterocycles. The minimum atomic E-state index is -0.480. The molecule has 1 aromatic heterocycles. The first-order chi connectivity index (χ1) is 9.44. The molecule has 1 heterocycles. The maximum Gasteiger partial charge on any atom is 0.407 e. The number of alkyl carbamates (subject to hydrolysis) is 1. The first kappa shape index (κ1) is 14.1. The summed E-state index contributed by atoms with van der Waals surface area (Å²) in [6, 6.07) is 7.82. The van der Waals surface area contributed by atoms with Crippen LogP contribution in [0.2, 0.25) is 0 Å². The van der Waals surface area contributed by atoms with E-state index in [-0.39, 0.29) is 0 Å². The van der Waals surface area contributed by atoms with Gasteiger partial charge in [0, 0.05) is 6.54 Å². The number of nitrogens with zero attached hydrogens (tertiary/aromatic N) is 1. The largest absolute Gasteiger partial charge is 0.444 e. The van der Waals surface area contributed by atoms with Crippen molar-refractivity contribution in [1.82, 2.24) is 15.3 Å². The molecule has 1 aromatic carbocycles. The quantitative estimate of drug-likeness (QED) is 0.903. The first-order valence-corrected chi connectivity index (χ1v) is 6.52. The molecule has 0 unspecified atom stereocenters. The Kier molecular flexibility index (Phi) is 4.08. The zero-order valence-corrected chi connectivity index (χ0v) is 11.9. The van der Waals surface area contributed by atoms with Gasteiger partial charge < -0.3 is 15.0 Å². The van der Waals surface area contributed by atoms with Gasteiger partial charge in [-0.15, -0.1) is 0 Å². The number of ether oxygens (including phenoxy) is 1. The zero-order valence-electron chi connectivity index (χ0n) is 11.9. The number of aromatic nitrogens is 2. The molecule has 2 N–H and O–H groups in total. The van der Waals surface area contributed by atoms with Crippen molar-refractivity contribution >= 4 is 23.2 Å². The van der Waals surface area contributed by atoms with Gasteiger partial charge in [-0.2, -0.15) is 0 Å². The minimum absolute atomic E-state index is 0.395. The first-order valence-electron chi connectivity index (χ1n) is 6.52. The summed E-state index contributed by atoms with van der Waals surface area (Å²) in [5, 5.41) is 2.65. The molecule has 20 heavy (non-hydrogen) atoms. The van der Waals surface area contributed by atoms with E-state index in [2.05, 4.69) is 15.3 Å². The summed E-state index contributed by atoms with van der Waals surface area (Å²) in [4.78, 5) is 19.0. The van der Waals surface area contributed by atoms with E-state index in [0.717, 1.165) is 16.9 Å². The van der Waals surface area contributed by atoms with E-state index < -0.39 is 11.7 Å². The molecule has 0 aliphatic carbocycles. The molecule has 2 rings (SSSR count). The summed E-state index contributed by atoms with van der Waals surface area (Å²) in [5.74, 6) is 0.761. The molecule has 0 bridgehead atoms. The van der Waals surface area contributed by atoms with E-state index >= 15 is 0 Å². The van der Waals surface area contributed by atoms with Crippen molar-refractivity contribution in [3.8, 4) is 0 Å². The van der Waals surface area contributed by atoms with Crippen molar-refractivity contribution in [2.24, 2.45) is 0 Å². The van der Waals surface area contributed by atoms with Crippen LogP contribution < -0.4 is 5.32 Å². The Morgan fingerprint density at radius 1 is 1.40 bits per heavy atom. The van der Waals surface area contributed by atoms with Crippen LogP contribution in [0.4, 0.5) is 4.79 Å². The number of fused-ring (bicyclic) bond motifs is 1. The Hall–Kier alpha value is -2.30. The van der Waals surface area contributed by atoms with Crippen molar-refractivity contribution < 1.29 is 9.53 Å². The Bertz CT molecular complexity index is 590. The smallest absolute Gasteiger partial charge is 0.407 e. The SMILES string of the molecule is CC(C)(C)OC(=O)NCC=Cc1nc2ccccc2[nH]1. The highest BCUT2D eigenvalue weighted by Crippen LogP contribution is 2.11. The number of amides is 1. The van der Waals surface area contributed by atoms with Gasteiger partial charge in [-0.1, -0.05) is 18.2 Å². The molecule has 0 fully saturated rings. The summed E-state index contributed by atoms with van der Waals surface area (Å²) in [6.07, 6.45) is 3.23. The molecule has 0 radical (unpaired) electrons. The molecular weight excluding hydrogens is 254 g/mol. The van der Waals surface area contributed by atoms with E-state index in [0.29, 0.717) is 6.54 Å². The number of para-hydroxylation sites is 2. The summed E-state index contributed by atoms with van der Waals surface area (Å²) in [6.45, 7) is 5.89. The number of hydrogen-bond acceptors (Lipinski definition) is 3. The summed E-state index contributed by atoms with van der Waals surface area (Å²) in [5.41, 5.74) is 1.44.